The summed E-state index contributed by atoms with van der Waals surface area (Å²) in [6, 6.07) is 0. The SMILES string of the molecule is CC(C)=O.NCCS(=O)(=O)O. The predicted octanol–water partition coefficient (Wildman–Crippen LogP) is -0.572. The maximum atomic E-state index is 9.71. The summed E-state index contributed by atoms with van der Waals surface area (Å²) >= 11 is 0. The zero-order valence-electron chi connectivity index (χ0n) is 6.57. The molecule has 0 spiro atoms. The van der Waals surface area contributed by atoms with E-state index in [0.29, 0.717) is 0 Å². The number of hydrogen-bond acceptors (Lipinski definition) is 4. The van der Waals surface area contributed by atoms with E-state index in [-0.39, 0.29) is 18.1 Å². The summed E-state index contributed by atoms with van der Waals surface area (Å²) in [6.07, 6.45) is 0. The normalized spacial score (nSPS) is 9.82. The van der Waals surface area contributed by atoms with Crippen molar-refractivity contribution < 1.29 is 17.8 Å². The molecule has 0 amide bonds. The molecule has 0 aliphatic rings. The average molecular weight is 183 g/mol. The lowest BCUT2D eigenvalue weighted by Gasteiger charge is -1.86. The molecule has 3 N–H and O–H groups in total. The van der Waals surface area contributed by atoms with E-state index in [0.717, 1.165) is 0 Å². The lowest BCUT2D eigenvalue weighted by molar-refractivity contribution is -0.114. The smallest absolute Gasteiger partial charge is 0.266 e. The van der Waals surface area contributed by atoms with Crippen LogP contribution in [0.5, 0.6) is 0 Å². The summed E-state index contributed by atoms with van der Waals surface area (Å²) < 4.78 is 27.3. The monoisotopic (exact) mass is 183 g/mol. The maximum Gasteiger partial charge on any atom is 0.266 e. The summed E-state index contributed by atoms with van der Waals surface area (Å²) in [5.41, 5.74) is 4.78. The Bertz CT molecular complexity index is 193. The van der Waals surface area contributed by atoms with Gasteiger partial charge in [0.15, 0.2) is 0 Å². The van der Waals surface area contributed by atoms with Gasteiger partial charge in [-0.25, -0.2) is 0 Å². The Morgan fingerprint density at radius 3 is 1.73 bits per heavy atom. The Hall–Kier alpha value is -0.460. The van der Waals surface area contributed by atoms with E-state index in [1.807, 2.05) is 0 Å². The highest BCUT2D eigenvalue weighted by Gasteiger charge is 1.98. The van der Waals surface area contributed by atoms with Crippen molar-refractivity contribution in [1.29, 1.82) is 0 Å². The molecule has 0 heterocycles. The highest BCUT2D eigenvalue weighted by Crippen LogP contribution is 1.74. The van der Waals surface area contributed by atoms with Crippen LogP contribution in [-0.4, -0.2) is 31.1 Å². The largest absolute Gasteiger partial charge is 0.329 e. The van der Waals surface area contributed by atoms with Gasteiger partial charge in [0.25, 0.3) is 10.1 Å². The van der Waals surface area contributed by atoms with Crippen LogP contribution >= 0.6 is 0 Å². The van der Waals surface area contributed by atoms with E-state index >= 15 is 0 Å². The third-order valence-corrected chi connectivity index (χ3v) is 1.13. The number of rotatable bonds is 2. The van der Waals surface area contributed by atoms with Gasteiger partial charge < -0.3 is 10.5 Å². The minimum absolute atomic E-state index is 0.0289. The van der Waals surface area contributed by atoms with Gasteiger partial charge in [0.2, 0.25) is 0 Å². The fraction of sp³-hybridized carbons (Fsp3) is 0.800. The van der Waals surface area contributed by atoms with Gasteiger partial charge in [-0.1, -0.05) is 0 Å². The van der Waals surface area contributed by atoms with Gasteiger partial charge in [-0.2, -0.15) is 8.42 Å². The lowest BCUT2D eigenvalue weighted by atomic mass is 10.6. The quantitative estimate of drug-likeness (QED) is 0.558. The average Bonchev–Trinajstić information content (AvgIpc) is 1.58. The molecule has 0 bridgehead atoms. The van der Waals surface area contributed by atoms with Crippen LogP contribution in [0.15, 0.2) is 0 Å². The van der Waals surface area contributed by atoms with E-state index in [1.54, 1.807) is 0 Å². The molecule has 0 aromatic rings. The summed E-state index contributed by atoms with van der Waals surface area (Å²) in [4.78, 5) is 9.44. The van der Waals surface area contributed by atoms with Gasteiger partial charge in [-0.3, -0.25) is 4.55 Å². The van der Waals surface area contributed by atoms with Crippen LogP contribution in [0, 0.1) is 0 Å². The molecule has 0 saturated carbocycles. The van der Waals surface area contributed by atoms with Gasteiger partial charge in [0, 0.05) is 6.54 Å². The molecule has 5 nitrogen and oxygen atoms in total. The molecule has 11 heavy (non-hydrogen) atoms. The molecular weight excluding hydrogens is 170 g/mol. The molecule has 0 aliphatic carbocycles. The first-order valence-corrected chi connectivity index (χ1v) is 4.53. The van der Waals surface area contributed by atoms with Crippen molar-refractivity contribution in [2.24, 2.45) is 5.73 Å². The molecule has 68 valence electrons. The minimum Gasteiger partial charge on any atom is -0.329 e. The fourth-order valence-electron chi connectivity index (χ4n) is 0.149. The number of carbonyl (C=O) groups is 1. The van der Waals surface area contributed by atoms with Gasteiger partial charge in [-0.15, -0.1) is 0 Å². The van der Waals surface area contributed by atoms with Crippen LogP contribution in [0.2, 0.25) is 0 Å². The van der Waals surface area contributed by atoms with Crippen molar-refractivity contribution in [3.8, 4) is 0 Å². The molecule has 0 aromatic heterocycles. The number of Topliss-reactive ketones (excluding diaryl/α,β-unsaturated/α-hetero) is 1. The third-order valence-electron chi connectivity index (χ3n) is 0.376. The number of carbonyl (C=O) groups excluding carboxylic acids is 1. The van der Waals surface area contributed by atoms with E-state index < -0.39 is 10.1 Å². The molecule has 6 heteroatoms. The van der Waals surface area contributed by atoms with Crippen LogP contribution in [0.4, 0.5) is 0 Å². The molecule has 0 aromatic carbocycles. The first-order chi connectivity index (χ1) is 4.79. The van der Waals surface area contributed by atoms with Crippen molar-refractivity contribution in [2.75, 3.05) is 12.3 Å². The topological polar surface area (TPSA) is 97.5 Å². The fourth-order valence-corrected chi connectivity index (χ4v) is 0.447. The Balaban J connectivity index is 0. The van der Waals surface area contributed by atoms with Crippen molar-refractivity contribution >= 4 is 15.9 Å². The van der Waals surface area contributed by atoms with Crippen LogP contribution in [0.3, 0.4) is 0 Å². The summed E-state index contributed by atoms with van der Waals surface area (Å²) in [5.74, 6) is -0.188. The Labute approximate surface area is 66.3 Å². The predicted molar refractivity (Wildman–Crippen MR) is 41.8 cm³/mol. The molecule has 0 saturated heterocycles. The molecule has 0 rings (SSSR count). The van der Waals surface area contributed by atoms with Crippen molar-refractivity contribution in [2.45, 2.75) is 13.8 Å². The zero-order valence-corrected chi connectivity index (χ0v) is 7.39. The van der Waals surface area contributed by atoms with Gasteiger partial charge in [0.1, 0.15) is 5.78 Å². The molecule has 0 unspecified atom stereocenters. The van der Waals surface area contributed by atoms with Crippen molar-refractivity contribution in [3.05, 3.63) is 0 Å². The second-order valence-corrected chi connectivity index (χ2v) is 3.56. The first-order valence-electron chi connectivity index (χ1n) is 2.92. The van der Waals surface area contributed by atoms with Gasteiger partial charge in [-0.05, 0) is 13.8 Å². The summed E-state index contributed by atoms with van der Waals surface area (Å²) in [5, 5.41) is 0. The van der Waals surface area contributed by atoms with Crippen LogP contribution in [0.1, 0.15) is 13.8 Å². The zero-order chi connectivity index (χ0) is 9.49. The van der Waals surface area contributed by atoms with Crippen LogP contribution in [0.25, 0.3) is 0 Å². The standard InChI is InChI=1S/C3H6O.C2H7NO3S/c1-3(2)4;3-1-2-7(4,5)6/h1-2H3;1-3H2,(H,4,5,6). The van der Waals surface area contributed by atoms with Crippen LogP contribution < -0.4 is 5.73 Å². The second kappa shape index (κ2) is 6.26. The number of hydrogen-bond donors (Lipinski definition) is 2. The van der Waals surface area contributed by atoms with E-state index in [9.17, 15) is 13.2 Å². The minimum atomic E-state index is -3.80. The highest BCUT2D eigenvalue weighted by atomic mass is 32.2. The Morgan fingerprint density at radius 1 is 1.45 bits per heavy atom. The van der Waals surface area contributed by atoms with E-state index in [1.165, 1.54) is 13.8 Å². The molecule has 0 fully saturated rings. The summed E-state index contributed by atoms with van der Waals surface area (Å²) in [7, 11) is -3.80. The summed E-state index contributed by atoms with van der Waals surface area (Å²) in [6.45, 7) is 3.03. The Kier molecular flexibility index (Phi) is 7.49. The lowest BCUT2D eigenvalue weighted by Crippen LogP contribution is -2.13. The molecule has 0 aliphatic heterocycles. The van der Waals surface area contributed by atoms with E-state index in [4.69, 9.17) is 10.3 Å². The Morgan fingerprint density at radius 2 is 1.73 bits per heavy atom. The second-order valence-electron chi connectivity index (χ2n) is 1.98. The number of ketones is 1. The van der Waals surface area contributed by atoms with Crippen LogP contribution in [-0.2, 0) is 14.9 Å². The third kappa shape index (κ3) is 43.3. The number of nitrogens with two attached hydrogens (primary N) is 1. The molecule has 0 atom stereocenters. The van der Waals surface area contributed by atoms with Crippen molar-refractivity contribution in [3.63, 3.8) is 0 Å². The molecular formula is C5H13NO4S. The maximum absolute atomic E-state index is 9.71. The van der Waals surface area contributed by atoms with Gasteiger partial charge in [0.05, 0.1) is 5.75 Å². The highest BCUT2D eigenvalue weighted by molar-refractivity contribution is 7.85. The van der Waals surface area contributed by atoms with Crippen molar-refractivity contribution in [1.82, 2.24) is 0 Å². The first kappa shape index (κ1) is 13.2. The van der Waals surface area contributed by atoms with Gasteiger partial charge >= 0.3 is 0 Å². The molecule has 0 radical (unpaired) electrons. The van der Waals surface area contributed by atoms with E-state index in [2.05, 4.69) is 0 Å².